The van der Waals surface area contributed by atoms with E-state index >= 15 is 0 Å². The predicted molar refractivity (Wildman–Crippen MR) is 104 cm³/mol. The Morgan fingerprint density at radius 2 is 1.89 bits per heavy atom. The van der Waals surface area contributed by atoms with Crippen LogP contribution in [0.4, 0.5) is 0 Å². The molecule has 5 rings (SSSR count). The highest BCUT2D eigenvalue weighted by Crippen LogP contribution is 2.39. The van der Waals surface area contributed by atoms with E-state index < -0.39 is 0 Å². The topological polar surface area (TPSA) is 83.9 Å². The van der Waals surface area contributed by atoms with E-state index in [-0.39, 0.29) is 11.5 Å². The molecule has 0 aromatic carbocycles. The molecule has 1 amide bonds. The van der Waals surface area contributed by atoms with Gasteiger partial charge in [-0.15, -0.1) is 0 Å². The highest BCUT2D eigenvalue weighted by molar-refractivity contribution is 5.92. The zero-order valence-electron chi connectivity index (χ0n) is 16.2. The van der Waals surface area contributed by atoms with E-state index in [2.05, 4.69) is 15.3 Å². The van der Waals surface area contributed by atoms with Crippen molar-refractivity contribution < 1.29 is 4.79 Å². The molecule has 0 unspecified atom stereocenters. The van der Waals surface area contributed by atoms with E-state index in [1.807, 2.05) is 11.0 Å². The first-order valence-corrected chi connectivity index (χ1v) is 10.6. The Bertz CT molecular complexity index is 935. The summed E-state index contributed by atoms with van der Waals surface area (Å²) < 4.78 is 1.65. The number of rotatable bonds is 4. The number of piperidine rings is 1. The number of amides is 1. The van der Waals surface area contributed by atoms with Gasteiger partial charge in [0.25, 0.3) is 11.5 Å². The van der Waals surface area contributed by atoms with Crippen LogP contribution >= 0.6 is 0 Å². The van der Waals surface area contributed by atoms with Crippen LogP contribution in [-0.2, 0) is 19.4 Å². The molecular weight excluding hydrogens is 354 g/mol. The van der Waals surface area contributed by atoms with Gasteiger partial charge >= 0.3 is 0 Å². The largest absolute Gasteiger partial charge is 0.337 e. The average Bonchev–Trinajstić information content (AvgIpc) is 3.45. The summed E-state index contributed by atoms with van der Waals surface area (Å²) in [5, 5.41) is 11.9. The fourth-order valence-electron chi connectivity index (χ4n) is 4.51. The van der Waals surface area contributed by atoms with Gasteiger partial charge in [0, 0.05) is 37.3 Å². The van der Waals surface area contributed by atoms with Crippen LogP contribution in [0.15, 0.2) is 16.9 Å². The van der Waals surface area contributed by atoms with Gasteiger partial charge in [0.2, 0.25) is 0 Å². The Morgan fingerprint density at radius 1 is 1.11 bits per heavy atom. The van der Waals surface area contributed by atoms with Crippen LogP contribution < -0.4 is 5.56 Å². The van der Waals surface area contributed by atoms with Gasteiger partial charge in [-0.25, -0.2) is 4.68 Å². The number of aromatic nitrogens is 4. The van der Waals surface area contributed by atoms with Crippen molar-refractivity contribution >= 4 is 5.91 Å². The molecule has 28 heavy (non-hydrogen) atoms. The van der Waals surface area contributed by atoms with E-state index in [1.165, 1.54) is 12.8 Å². The molecular formula is C21H27N5O2. The molecule has 1 aliphatic heterocycles. The Labute approximate surface area is 164 Å². The number of likely N-dealkylation sites (tertiary alicyclic amines) is 1. The number of aromatic amines is 1. The summed E-state index contributed by atoms with van der Waals surface area (Å²) in [5.41, 5.74) is 3.88. The summed E-state index contributed by atoms with van der Waals surface area (Å²) in [4.78, 5) is 27.0. The third-order valence-corrected chi connectivity index (χ3v) is 6.44. The van der Waals surface area contributed by atoms with Gasteiger partial charge in [0.15, 0.2) is 0 Å². The summed E-state index contributed by atoms with van der Waals surface area (Å²) in [6.45, 7) is 2.09. The number of nitrogens with one attached hydrogen (secondary N) is 1. The van der Waals surface area contributed by atoms with Crippen molar-refractivity contribution in [2.75, 3.05) is 13.1 Å². The number of aryl methyl sites for hydroxylation is 2. The van der Waals surface area contributed by atoms with Crippen LogP contribution in [0.2, 0.25) is 0 Å². The molecule has 2 aromatic heterocycles. The minimum Gasteiger partial charge on any atom is -0.337 e. The van der Waals surface area contributed by atoms with Crippen LogP contribution in [0.25, 0.3) is 0 Å². The fourth-order valence-corrected chi connectivity index (χ4v) is 4.51. The number of nitrogens with zero attached hydrogens (tertiary/aromatic N) is 4. The fraction of sp³-hybridized carbons (Fsp3) is 0.619. The van der Waals surface area contributed by atoms with E-state index in [1.54, 1.807) is 10.7 Å². The molecule has 0 radical (unpaired) electrons. The van der Waals surface area contributed by atoms with Gasteiger partial charge < -0.3 is 4.90 Å². The quantitative estimate of drug-likeness (QED) is 0.881. The second-order valence-corrected chi connectivity index (χ2v) is 8.56. The van der Waals surface area contributed by atoms with E-state index in [0.29, 0.717) is 24.1 Å². The summed E-state index contributed by atoms with van der Waals surface area (Å²) in [5.74, 6) is 0.977. The number of carbonyl (C=O) groups excluding carboxylic acids is 1. The Morgan fingerprint density at radius 3 is 2.68 bits per heavy atom. The second-order valence-electron chi connectivity index (χ2n) is 8.56. The normalized spacial score (nSPS) is 20.2. The second kappa shape index (κ2) is 7.18. The number of hydrogen-bond acceptors (Lipinski definition) is 4. The zero-order valence-corrected chi connectivity index (χ0v) is 16.2. The molecule has 3 aliphatic rings. The monoisotopic (exact) mass is 381 g/mol. The molecule has 3 heterocycles. The first-order valence-electron chi connectivity index (χ1n) is 10.6. The maximum Gasteiger partial charge on any atom is 0.274 e. The van der Waals surface area contributed by atoms with Crippen molar-refractivity contribution in [3.8, 4) is 0 Å². The Balaban J connectivity index is 1.20. The highest BCUT2D eigenvalue weighted by Gasteiger charge is 2.29. The van der Waals surface area contributed by atoms with Gasteiger partial charge in [-0.3, -0.25) is 14.7 Å². The minimum absolute atomic E-state index is 0.0169. The maximum atomic E-state index is 12.7. The van der Waals surface area contributed by atoms with Crippen molar-refractivity contribution in [2.45, 2.75) is 63.8 Å². The van der Waals surface area contributed by atoms with Crippen LogP contribution in [0, 0.1) is 5.92 Å². The predicted octanol–water partition coefficient (Wildman–Crippen LogP) is 2.28. The third kappa shape index (κ3) is 3.50. The first-order chi connectivity index (χ1) is 13.7. The molecule has 2 fully saturated rings. The molecule has 7 nitrogen and oxygen atoms in total. The van der Waals surface area contributed by atoms with E-state index in [9.17, 15) is 9.59 Å². The summed E-state index contributed by atoms with van der Waals surface area (Å²) in [6, 6.07) is 3.71. The van der Waals surface area contributed by atoms with Crippen molar-refractivity contribution in [1.82, 2.24) is 24.9 Å². The molecule has 2 aliphatic carbocycles. The number of hydrogen-bond donors (Lipinski definition) is 1. The highest BCUT2D eigenvalue weighted by atomic mass is 16.2. The number of fused-ring (bicyclic) bond motifs is 1. The molecule has 1 saturated heterocycles. The lowest BCUT2D eigenvalue weighted by Crippen LogP contribution is -2.40. The standard InChI is InChI=1S/C21H27N5O2/c27-20-11-16-3-1-2-4-17(16)24-26(20)13-14-7-9-25(10-8-14)21(28)19-12-18(22-23-19)15-5-6-15/h11-12,14-15H,1-10,13H2,(H,22,23). The Kier molecular flexibility index (Phi) is 4.53. The lowest BCUT2D eigenvalue weighted by Gasteiger charge is -2.31. The van der Waals surface area contributed by atoms with Gasteiger partial charge in [-0.2, -0.15) is 10.2 Å². The minimum atomic E-state index is 0.0169. The first kappa shape index (κ1) is 17.6. The van der Waals surface area contributed by atoms with Crippen LogP contribution in [0.3, 0.4) is 0 Å². The molecule has 148 valence electrons. The number of carbonyl (C=O) groups is 1. The zero-order chi connectivity index (χ0) is 19.1. The molecule has 1 N–H and O–H groups in total. The lowest BCUT2D eigenvalue weighted by molar-refractivity contribution is 0.0674. The van der Waals surface area contributed by atoms with Crippen LogP contribution in [0.1, 0.15) is 71.9 Å². The molecule has 0 spiro atoms. The van der Waals surface area contributed by atoms with Crippen LogP contribution in [0.5, 0.6) is 0 Å². The van der Waals surface area contributed by atoms with Crippen molar-refractivity contribution in [2.24, 2.45) is 5.92 Å². The van der Waals surface area contributed by atoms with Crippen molar-refractivity contribution in [1.29, 1.82) is 0 Å². The summed E-state index contributed by atoms with van der Waals surface area (Å²) in [7, 11) is 0. The van der Waals surface area contributed by atoms with Crippen molar-refractivity contribution in [3.63, 3.8) is 0 Å². The van der Waals surface area contributed by atoms with E-state index in [0.717, 1.165) is 68.6 Å². The SMILES string of the molecule is O=C(c1cc(C2CC2)[nH]n1)N1CCC(Cn2nc3c(cc2=O)CCCC3)CC1. The van der Waals surface area contributed by atoms with Crippen LogP contribution in [-0.4, -0.2) is 43.9 Å². The van der Waals surface area contributed by atoms with Gasteiger partial charge in [-0.1, -0.05) is 0 Å². The third-order valence-electron chi connectivity index (χ3n) is 6.44. The summed E-state index contributed by atoms with van der Waals surface area (Å²) >= 11 is 0. The molecule has 7 heteroatoms. The Hall–Kier alpha value is -2.44. The molecule has 0 atom stereocenters. The molecule has 0 bridgehead atoms. The average molecular weight is 381 g/mol. The molecule has 2 aromatic rings. The molecule has 1 saturated carbocycles. The number of H-pyrrole nitrogens is 1. The van der Waals surface area contributed by atoms with Gasteiger partial charge in [0.05, 0.1) is 5.69 Å². The van der Waals surface area contributed by atoms with E-state index in [4.69, 9.17) is 0 Å². The summed E-state index contributed by atoms with van der Waals surface area (Å²) in [6.07, 6.45) is 8.46. The van der Waals surface area contributed by atoms with Crippen molar-refractivity contribution in [3.05, 3.63) is 45.1 Å². The lowest BCUT2D eigenvalue weighted by atomic mass is 9.95. The van der Waals surface area contributed by atoms with Gasteiger partial charge in [0.1, 0.15) is 5.69 Å². The maximum absolute atomic E-state index is 12.7. The smallest absolute Gasteiger partial charge is 0.274 e. The van der Waals surface area contributed by atoms with Gasteiger partial charge in [-0.05, 0) is 68.9 Å².